The van der Waals surface area contributed by atoms with E-state index < -0.39 is 0 Å². The third-order valence-electron chi connectivity index (χ3n) is 3.75. The quantitative estimate of drug-likeness (QED) is 0.668. The molecule has 0 spiro atoms. The van der Waals surface area contributed by atoms with Crippen molar-refractivity contribution in [2.45, 2.75) is 6.42 Å². The van der Waals surface area contributed by atoms with E-state index in [0.717, 1.165) is 19.4 Å². The SMILES string of the molecule is O=C(Nc1ccccc1I)C1CC(=O)N(c2cccc(Br)c2)C1. The fraction of sp³-hybridized carbons (Fsp3) is 0.176. The van der Waals surface area contributed by atoms with Crippen LogP contribution in [-0.2, 0) is 9.59 Å². The largest absolute Gasteiger partial charge is 0.325 e. The summed E-state index contributed by atoms with van der Waals surface area (Å²) in [7, 11) is 0. The lowest BCUT2D eigenvalue weighted by molar-refractivity contribution is -0.122. The minimum atomic E-state index is -0.336. The van der Waals surface area contributed by atoms with Crippen LogP contribution in [0.1, 0.15) is 6.42 Å². The second-order valence-electron chi connectivity index (χ2n) is 5.35. The summed E-state index contributed by atoms with van der Waals surface area (Å²) in [5.74, 6) is -0.469. The van der Waals surface area contributed by atoms with E-state index in [1.54, 1.807) is 4.90 Å². The van der Waals surface area contributed by atoms with Gasteiger partial charge in [-0.3, -0.25) is 9.59 Å². The second kappa shape index (κ2) is 7.00. The van der Waals surface area contributed by atoms with Crippen molar-refractivity contribution in [3.63, 3.8) is 0 Å². The van der Waals surface area contributed by atoms with Gasteiger partial charge >= 0.3 is 0 Å². The molecular formula is C17H14BrIN2O2. The van der Waals surface area contributed by atoms with Crippen LogP contribution in [0.2, 0.25) is 0 Å². The molecule has 1 fully saturated rings. The molecular weight excluding hydrogens is 471 g/mol. The number of rotatable bonds is 3. The summed E-state index contributed by atoms with van der Waals surface area (Å²) in [6.07, 6.45) is 0.238. The number of nitrogens with one attached hydrogen (secondary N) is 1. The Morgan fingerprint density at radius 2 is 2.00 bits per heavy atom. The van der Waals surface area contributed by atoms with E-state index in [2.05, 4.69) is 43.8 Å². The number of amides is 2. The average molecular weight is 485 g/mol. The van der Waals surface area contributed by atoms with Crippen molar-refractivity contribution in [1.29, 1.82) is 0 Å². The molecule has 2 aromatic rings. The van der Waals surface area contributed by atoms with Crippen LogP contribution in [0.3, 0.4) is 0 Å². The number of carbonyl (C=O) groups is 2. The van der Waals surface area contributed by atoms with E-state index in [9.17, 15) is 9.59 Å². The van der Waals surface area contributed by atoms with E-state index in [-0.39, 0.29) is 24.2 Å². The Hall–Kier alpha value is -1.41. The summed E-state index contributed by atoms with van der Waals surface area (Å²) < 4.78 is 1.89. The van der Waals surface area contributed by atoms with Gasteiger partial charge < -0.3 is 10.2 Å². The minimum Gasteiger partial charge on any atom is -0.325 e. The van der Waals surface area contributed by atoms with Gasteiger partial charge in [-0.05, 0) is 52.9 Å². The van der Waals surface area contributed by atoms with Crippen molar-refractivity contribution in [1.82, 2.24) is 0 Å². The second-order valence-corrected chi connectivity index (χ2v) is 7.43. The summed E-state index contributed by atoms with van der Waals surface area (Å²) in [5, 5.41) is 2.92. The van der Waals surface area contributed by atoms with Crippen LogP contribution in [-0.4, -0.2) is 18.4 Å². The number of hydrogen-bond acceptors (Lipinski definition) is 2. The summed E-state index contributed by atoms with van der Waals surface area (Å²) in [5.41, 5.74) is 1.60. The molecule has 1 aliphatic rings. The molecule has 0 saturated carbocycles. The van der Waals surface area contributed by atoms with Crippen LogP contribution in [0.5, 0.6) is 0 Å². The van der Waals surface area contributed by atoms with Crippen molar-refractivity contribution in [2.24, 2.45) is 5.92 Å². The third kappa shape index (κ3) is 3.74. The molecule has 0 bridgehead atoms. The first-order valence-corrected chi connectivity index (χ1v) is 9.03. The Bertz CT molecular complexity index is 766. The summed E-state index contributed by atoms with van der Waals surface area (Å²) in [4.78, 5) is 26.4. The smallest absolute Gasteiger partial charge is 0.229 e. The highest BCUT2D eigenvalue weighted by Crippen LogP contribution is 2.28. The number of carbonyl (C=O) groups excluding carboxylic acids is 2. The maximum absolute atomic E-state index is 12.5. The van der Waals surface area contributed by atoms with Crippen LogP contribution in [0.4, 0.5) is 11.4 Å². The predicted molar refractivity (Wildman–Crippen MR) is 102 cm³/mol. The molecule has 2 amide bonds. The van der Waals surface area contributed by atoms with Gasteiger partial charge in [0.2, 0.25) is 11.8 Å². The fourth-order valence-electron chi connectivity index (χ4n) is 2.57. The first kappa shape index (κ1) is 16.4. The fourth-order valence-corrected chi connectivity index (χ4v) is 3.48. The van der Waals surface area contributed by atoms with Gasteiger partial charge in [0.05, 0.1) is 11.6 Å². The van der Waals surface area contributed by atoms with Crippen molar-refractivity contribution in [3.8, 4) is 0 Å². The first-order chi connectivity index (χ1) is 11.0. The van der Waals surface area contributed by atoms with Crippen molar-refractivity contribution < 1.29 is 9.59 Å². The zero-order valence-corrected chi connectivity index (χ0v) is 15.9. The van der Waals surface area contributed by atoms with Crippen molar-refractivity contribution in [2.75, 3.05) is 16.8 Å². The standard InChI is InChI=1S/C17H14BrIN2O2/c18-12-4-3-5-13(9-12)21-10-11(8-16(21)22)17(23)20-15-7-2-1-6-14(15)19/h1-7,9,11H,8,10H2,(H,20,23). The number of halogens is 2. The Balaban J connectivity index is 1.72. The highest BCUT2D eigenvalue weighted by molar-refractivity contribution is 14.1. The normalized spacial score (nSPS) is 17.4. The number of anilines is 2. The lowest BCUT2D eigenvalue weighted by Crippen LogP contribution is -2.28. The molecule has 1 atom stereocenters. The maximum atomic E-state index is 12.5. The van der Waals surface area contributed by atoms with Crippen molar-refractivity contribution >= 4 is 61.7 Å². The van der Waals surface area contributed by atoms with E-state index in [4.69, 9.17) is 0 Å². The minimum absolute atomic E-state index is 0.0222. The molecule has 1 saturated heterocycles. The average Bonchev–Trinajstić information content (AvgIpc) is 2.92. The van der Waals surface area contributed by atoms with E-state index in [0.29, 0.717) is 6.54 Å². The number of para-hydroxylation sites is 1. The highest BCUT2D eigenvalue weighted by Gasteiger charge is 2.35. The summed E-state index contributed by atoms with van der Waals surface area (Å²) >= 11 is 5.59. The van der Waals surface area contributed by atoms with Crippen LogP contribution < -0.4 is 10.2 Å². The van der Waals surface area contributed by atoms with Gasteiger partial charge in [0, 0.05) is 26.7 Å². The molecule has 0 radical (unpaired) electrons. The Morgan fingerprint density at radius 1 is 1.22 bits per heavy atom. The monoisotopic (exact) mass is 484 g/mol. The van der Waals surface area contributed by atoms with Gasteiger partial charge in [-0.25, -0.2) is 0 Å². The van der Waals surface area contributed by atoms with Crippen LogP contribution >= 0.6 is 38.5 Å². The van der Waals surface area contributed by atoms with Gasteiger partial charge in [-0.1, -0.05) is 34.1 Å². The topological polar surface area (TPSA) is 49.4 Å². The van der Waals surface area contributed by atoms with Crippen molar-refractivity contribution in [3.05, 3.63) is 56.6 Å². The molecule has 1 N–H and O–H groups in total. The molecule has 2 aromatic carbocycles. The summed E-state index contributed by atoms with van der Waals surface area (Å²) in [6, 6.07) is 15.2. The molecule has 0 aromatic heterocycles. The van der Waals surface area contributed by atoms with E-state index >= 15 is 0 Å². The van der Waals surface area contributed by atoms with E-state index in [1.807, 2.05) is 48.5 Å². The Kier molecular flexibility index (Phi) is 5.01. The van der Waals surface area contributed by atoms with Crippen LogP contribution in [0.25, 0.3) is 0 Å². The number of benzene rings is 2. The molecule has 1 aliphatic heterocycles. The molecule has 1 heterocycles. The van der Waals surface area contributed by atoms with E-state index in [1.165, 1.54) is 0 Å². The Morgan fingerprint density at radius 3 is 2.74 bits per heavy atom. The maximum Gasteiger partial charge on any atom is 0.229 e. The zero-order chi connectivity index (χ0) is 16.4. The van der Waals surface area contributed by atoms with Gasteiger partial charge in [0.25, 0.3) is 0 Å². The molecule has 1 unspecified atom stereocenters. The van der Waals surface area contributed by atoms with Gasteiger partial charge in [0.1, 0.15) is 0 Å². The molecule has 4 nitrogen and oxygen atoms in total. The molecule has 6 heteroatoms. The molecule has 3 rings (SSSR count). The highest BCUT2D eigenvalue weighted by atomic mass is 127. The molecule has 23 heavy (non-hydrogen) atoms. The summed E-state index contributed by atoms with van der Waals surface area (Å²) in [6.45, 7) is 0.407. The number of nitrogens with zero attached hydrogens (tertiary/aromatic N) is 1. The third-order valence-corrected chi connectivity index (χ3v) is 5.18. The van der Waals surface area contributed by atoms with Crippen LogP contribution in [0.15, 0.2) is 53.0 Å². The lowest BCUT2D eigenvalue weighted by atomic mass is 10.1. The zero-order valence-electron chi connectivity index (χ0n) is 12.1. The van der Waals surface area contributed by atoms with Gasteiger partial charge in [-0.15, -0.1) is 0 Å². The molecule has 118 valence electrons. The Labute approximate surface area is 156 Å². The number of hydrogen-bond donors (Lipinski definition) is 1. The van der Waals surface area contributed by atoms with Gasteiger partial charge in [-0.2, -0.15) is 0 Å². The lowest BCUT2D eigenvalue weighted by Gasteiger charge is -2.17. The van der Waals surface area contributed by atoms with Gasteiger partial charge in [0.15, 0.2) is 0 Å². The first-order valence-electron chi connectivity index (χ1n) is 7.16. The predicted octanol–water partition coefficient (Wildman–Crippen LogP) is 4.05. The molecule has 0 aliphatic carbocycles. The van der Waals surface area contributed by atoms with Crippen LogP contribution in [0, 0.1) is 9.49 Å².